The minimum Gasteiger partial charge on any atom is -0.323 e. The Bertz CT molecular complexity index is 1480. The summed E-state index contributed by atoms with van der Waals surface area (Å²) < 4.78 is 12.6. The van der Waals surface area contributed by atoms with Gasteiger partial charge in [-0.25, -0.2) is 4.98 Å². The van der Waals surface area contributed by atoms with Gasteiger partial charge in [-0.05, 0) is 52.3 Å². The standard InChI is InChI=1S/C29H29N4O3P/c34-37(35,36)28(18-17-25-11-6-10-24-9-4-5-12-26(24)25)32-27(29-30-20-31-33-29)19-21-13-15-23(16-14-21)22-7-2-1-3-8-22/h1-16,20,27-28,32H,17-19H2,(H,30,31,33)(H2,34,35,36). The Morgan fingerprint density at radius 2 is 1.54 bits per heavy atom. The van der Waals surface area contributed by atoms with Crippen LogP contribution in [0.5, 0.6) is 0 Å². The number of rotatable bonds is 10. The van der Waals surface area contributed by atoms with Gasteiger partial charge in [-0.15, -0.1) is 0 Å². The summed E-state index contributed by atoms with van der Waals surface area (Å²) in [7, 11) is -4.45. The number of fused-ring (bicyclic) bond motifs is 1. The summed E-state index contributed by atoms with van der Waals surface area (Å²) in [4.78, 5) is 24.8. The van der Waals surface area contributed by atoms with Gasteiger partial charge in [0.15, 0.2) is 0 Å². The fraction of sp³-hybridized carbons (Fsp3) is 0.172. The smallest absolute Gasteiger partial charge is 0.323 e. The van der Waals surface area contributed by atoms with Crippen molar-refractivity contribution < 1.29 is 14.4 Å². The van der Waals surface area contributed by atoms with Crippen molar-refractivity contribution >= 4 is 18.4 Å². The Labute approximate surface area is 215 Å². The molecule has 37 heavy (non-hydrogen) atoms. The molecule has 0 amide bonds. The predicted octanol–water partition coefficient (Wildman–Crippen LogP) is 5.63. The third-order valence-corrected chi connectivity index (χ3v) is 7.85. The Balaban J connectivity index is 1.35. The van der Waals surface area contributed by atoms with Gasteiger partial charge in [0.2, 0.25) is 0 Å². The van der Waals surface area contributed by atoms with E-state index in [9.17, 15) is 14.4 Å². The molecule has 0 spiro atoms. The fourth-order valence-electron chi connectivity index (χ4n) is 4.70. The zero-order valence-electron chi connectivity index (χ0n) is 20.2. The van der Waals surface area contributed by atoms with E-state index in [-0.39, 0.29) is 6.42 Å². The number of benzene rings is 4. The molecule has 0 fully saturated rings. The monoisotopic (exact) mass is 512 g/mol. The van der Waals surface area contributed by atoms with E-state index >= 15 is 0 Å². The Kier molecular flexibility index (Phi) is 7.58. The zero-order valence-corrected chi connectivity index (χ0v) is 21.1. The summed E-state index contributed by atoms with van der Waals surface area (Å²) in [5.41, 5.74) is 4.32. The SMILES string of the molecule is O=P(O)(O)C(CCc1cccc2ccccc12)NC(Cc1ccc(-c2ccccc2)cc1)c1ncn[nH]1. The predicted molar refractivity (Wildman–Crippen MR) is 146 cm³/mol. The lowest BCUT2D eigenvalue weighted by molar-refractivity contribution is 0.328. The molecule has 188 valence electrons. The molecular formula is C29H29N4O3P. The molecule has 5 aromatic rings. The van der Waals surface area contributed by atoms with Crippen LogP contribution in [0, 0.1) is 0 Å². The van der Waals surface area contributed by atoms with Gasteiger partial charge in [-0.2, -0.15) is 5.10 Å². The van der Waals surface area contributed by atoms with E-state index < -0.39 is 19.4 Å². The maximum Gasteiger partial charge on any atom is 0.342 e. The average molecular weight is 513 g/mol. The summed E-state index contributed by atoms with van der Waals surface area (Å²) in [5.74, 6) is -0.499. The van der Waals surface area contributed by atoms with E-state index in [2.05, 4.69) is 44.8 Å². The Hall–Kier alpha value is -3.61. The van der Waals surface area contributed by atoms with Crippen molar-refractivity contribution in [3.8, 4) is 11.1 Å². The van der Waals surface area contributed by atoms with Crippen molar-refractivity contribution in [3.63, 3.8) is 0 Å². The number of H-pyrrole nitrogens is 1. The highest BCUT2D eigenvalue weighted by atomic mass is 31.2. The first-order valence-electron chi connectivity index (χ1n) is 12.2. The molecule has 4 N–H and O–H groups in total. The molecule has 0 radical (unpaired) electrons. The normalized spacial score (nSPS) is 13.5. The zero-order chi connectivity index (χ0) is 25.7. The third-order valence-electron chi connectivity index (χ3n) is 6.63. The molecule has 0 aliphatic heterocycles. The van der Waals surface area contributed by atoms with Gasteiger partial charge in [0, 0.05) is 0 Å². The first kappa shape index (κ1) is 25.1. The molecular weight excluding hydrogens is 483 g/mol. The number of nitrogens with zero attached hydrogens (tertiary/aromatic N) is 2. The fourth-order valence-corrected chi connectivity index (χ4v) is 5.54. The lowest BCUT2D eigenvalue weighted by Crippen LogP contribution is -2.35. The average Bonchev–Trinajstić information content (AvgIpc) is 3.46. The second-order valence-corrected chi connectivity index (χ2v) is 10.9. The van der Waals surface area contributed by atoms with Gasteiger partial charge in [0.05, 0.1) is 6.04 Å². The van der Waals surface area contributed by atoms with Crippen molar-refractivity contribution in [2.24, 2.45) is 0 Å². The number of hydrogen-bond acceptors (Lipinski definition) is 4. The number of hydrogen-bond donors (Lipinski definition) is 4. The summed E-state index contributed by atoms with van der Waals surface area (Å²) in [6.45, 7) is 0. The highest BCUT2D eigenvalue weighted by Crippen LogP contribution is 2.43. The molecule has 4 aromatic carbocycles. The number of aryl methyl sites for hydroxylation is 1. The number of aromatic nitrogens is 3. The van der Waals surface area contributed by atoms with Crippen LogP contribution < -0.4 is 5.32 Å². The van der Waals surface area contributed by atoms with Crippen molar-refractivity contribution in [1.29, 1.82) is 0 Å². The van der Waals surface area contributed by atoms with Crippen LogP contribution in [0.15, 0.2) is 103 Å². The van der Waals surface area contributed by atoms with E-state index in [0.29, 0.717) is 18.7 Å². The van der Waals surface area contributed by atoms with Crippen LogP contribution in [0.25, 0.3) is 21.9 Å². The maximum atomic E-state index is 12.6. The molecule has 0 aliphatic rings. The van der Waals surface area contributed by atoms with E-state index in [1.807, 2.05) is 72.8 Å². The molecule has 0 bridgehead atoms. The second-order valence-electron chi connectivity index (χ2n) is 9.14. The largest absolute Gasteiger partial charge is 0.342 e. The second kappa shape index (κ2) is 11.2. The molecule has 0 saturated heterocycles. The summed E-state index contributed by atoms with van der Waals surface area (Å²) >= 11 is 0. The van der Waals surface area contributed by atoms with Crippen LogP contribution in [0.4, 0.5) is 0 Å². The lowest BCUT2D eigenvalue weighted by atomic mass is 9.99. The molecule has 1 aromatic heterocycles. The Morgan fingerprint density at radius 1 is 0.838 bits per heavy atom. The maximum absolute atomic E-state index is 12.6. The van der Waals surface area contributed by atoms with Crippen molar-refractivity contribution in [1.82, 2.24) is 20.5 Å². The van der Waals surface area contributed by atoms with E-state index in [4.69, 9.17) is 0 Å². The Morgan fingerprint density at radius 3 is 2.27 bits per heavy atom. The minimum atomic E-state index is -4.45. The van der Waals surface area contributed by atoms with Crippen LogP contribution in [0.3, 0.4) is 0 Å². The van der Waals surface area contributed by atoms with Gasteiger partial charge in [0.1, 0.15) is 17.9 Å². The first-order valence-corrected chi connectivity index (χ1v) is 13.9. The van der Waals surface area contributed by atoms with E-state index in [0.717, 1.165) is 33.0 Å². The molecule has 1 heterocycles. The van der Waals surface area contributed by atoms with Crippen molar-refractivity contribution in [3.05, 3.63) is 120 Å². The van der Waals surface area contributed by atoms with Crippen molar-refractivity contribution in [2.45, 2.75) is 31.1 Å². The van der Waals surface area contributed by atoms with Gasteiger partial charge in [0.25, 0.3) is 0 Å². The molecule has 8 heteroatoms. The van der Waals surface area contributed by atoms with Gasteiger partial charge in [-0.1, -0.05) is 97.1 Å². The molecule has 2 unspecified atom stereocenters. The molecule has 0 aliphatic carbocycles. The quantitative estimate of drug-likeness (QED) is 0.180. The highest BCUT2D eigenvalue weighted by Gasteiger charge is 2.32. The number of nitrogens with one attached hydrogen (secondary N) is 2. The van der Waals surface area contributed by atoms with Crippen LogP contribution >= 0.6 is 7.60 Å². The van der Waals surface area contributed by atoms with E-state index in [1.165, 1.54) is 6.33 Å². The van der Waals surface area contributed by atoms with Crippen LogP contribution in [0.2, 0.25) is 0 Å². The molecule has 2 atom stereocenters. The van der Waals surface area contributed by atoms with Gasteiger partial charge < -0.3 is 9.79 Å². The summed E-state index contributed by atoms with van der Waals surface area (Å²) in [6.07, 6.45) is 2.70. The van der Waals surface area contributed by atoms with Gasteiger partial charge in [-0.3, -0.25) is 15.0 Å². The van der Waals surface area contributed by atoms with Gasteiger partial charge >= 0.3 is 7.60 Å². The molecule has 7 nitrogen and oxygen atoms in total. The minimum absolute atomic E-state index is 0.274. The first-order chi connectivity index (χ1) is 18.0. The van der Waals surface area contributed by atoms with Crippen molar-refractivity contribution in [2.75, 3.05) is 0 Å². The summed E-state index contributed by atoms with van der Waals surface area (Å²) in [5, 5.41) is 12.3. The molecule has 5 rings (SSSR count). The highest BCUT2D eigenvalue weighted by molar-refractivity contribution is 7.52. The topological polar surface area (TPSA) is 111 Å². The van der Waals surface area contributed by atoms with Crippen LogP contribution in [0.1, 0.15) is 29.4 Å². The lowest BCUT2D eigenvalue weighted by Gasteiger charge is -2.25. The summed E-state index contributed by atoms with van der Waals surface area (Å²) in [6, 6.07) is 32.0. The molecule has 0 saturated carbocycles. The third kappa shape index (κ3) is 6.21. The van der Waals surface area contributed by atoms with Crippen LogP contribution in [-0.4, -0.2) is 30.8 Å². The van der Waals surface area contributed by atoms with E-state index in [1.54, 1.807) is 0 Å². The number of aromatic amines is 1. The van der Waals surface area contributed by atoms with Crippen LogP contribution in [-0.2, 0) is 17.4 Å².